The minimum Gasteiger partial charge on any atom is -0.497 e. The maximum Gasteiger partial charge on any atom is 0.246 e. The van der Waals surface area contributed by atoms with Crippen LogP contribution in [0.3, 0.4) is 0 Å². The summed E-state index contributed by atoms with van der Waals surface area (Å²) in [6.45, 7) is 0.183. The van der Waals surface area contributed by atoms with Gasteiger partial charge in [-0.2, -0.15) is 0 Å². The number of ether oxygens (including phenoxy) is 1. The Hall–Kier alpha value is -3.28. The number of H-pyrrole nitrogens is 1. The third-order valence-corrected chi connectivity index (χ3v) is 7.74. The number of fused-ring (bicyclic) bond motifs is 4. The zero-order valence-electron chi connectivity index (χ0n) is 18.9. The van der Waals surface area contributed by atoms with Crippen LogP contribution < -0.4 is 4.74 Å². The number of methoxy groups -OCH3 is 1. The Morgan fingerprint density at radius 2 is 1.73 bits per heavy atom. The molecule has 6 heteroatoms. The molecule has 2 fully saturated rings. The lowest BCUT2D eigenvalue weighted by atomic mass is 9.85. The Labute approximate surface area is 193 Å². The molecule has 1 N–H and O–H groups in total. The second kappa shape index (κ2) is 7.94. The standard InChI is InChI=1S/C27H29N3O3/c1-33-19-13-11-17(12-14-19)26-25-21(20-9-5-6-10-22(20)28-25)15-23-27(32)29(16-24(31)30(23)26)18-7-3-2-4-8-18/h5-6,9-14,18,23,26,28H,2-4,7-8,15-16H2,1H3/t23-,26+/m1/s1. The van der Waals surface area contributed by atoms with Crippen molar-refractivity contribution in [1.29, 1.82) is 0 Å². The van der Waals surface area contributed by atoms with Crippen molar-refractivity contribution in [1.82, 2.24) is 14.8 Å². The molecule has 2 atom stereocenters. The maximum atomic E-state index is 13.9. The summed E-state index contributed by atoms with van der Waals surface area (Å²) in [7, 11) is 1.65. The number of aromatic nitrogens is 1. The zero-order chi connectivity index (χ0) is 22.5. The first-order chi connectivity index (χ1) is 16.2. The number of nitrogens with one attached hydrogen (secondary N) is 1. The van der Waals surface area contributed by atoms with E-state index in [1.54, 1.807) is 7.11 Å². The van der Waals surface area contributed by atoms with Crippen molar-refractivity contribution in [3.05, 3.63) is 65.4 Å². The van der Waals surface area contributed by atoms with Crippen molar-refractivity contribution in [2.45, 2.75) is 56.7 Å². The van der Waals surface area contributed by atoms with Crippen LogP contribution in [0, 0.1) is 0 Å². The van der Waals surface area contributed by atoms with Crippen LogP contribution in [-0.4, -0.2) is 52.3 Å². The first kappa shape index (κ1) is 20.3. The van der Waals surface area contributed by atoms with E-state index < -0.39 is 6.04 Å². The summed E-state index contributed by atoms with van der Waals surface area (Å²) in [5.41, 5.74) is 4.20. The van der Waals surface area contributed by atoms with Crippen molar-refractivity contribution in [3.63, 3.8) is 0 Å². The second-order valence-electron chi connectivity index (χ2n) is 9.52. The molecule has 0 spiro atoms. The van der Waals surface area contributed by atoms with Gasteiger partial charge in [-0.3, -0.25) is 9.59 Å². The van der Waals surface area contributed by atoms with Gasteiger partial charge in [0.2, 0.25) is 11.8 Å². The summed E-state index contributed by atoms with van der Waals surface area (Å²) in [4.78, 5) is 34.8. The number of nitrogens with zero attached hydrogens (tertiary/aromatic N) is 2. The predicted molar refractivity (Wildman–Crippen MR) is 126 cm³/mol. The van der Waals surface area contributed by atoms with E-state index in [1.165, 1.54) is 6.42 Å². The molecule has 1 aromatic heterocycles. The molecule has 3 heterocycles. The fourth-order valence-corrected chi connectivity index (χ4v) is 6.12. The Morgan fingerprint density at radius 1 is 0.970 bits per heavy atom. The number of carbonyl (C=O) groups is 2. The third kappa shape index (κ3) is 3.23. The topological polar surface area (TPSA) is 65.6 Å². The summed E-state index contributed by atoms with van der Waals surface area (Å²) < 4.78 is 5.35. The second-order valence-corrected chi connectivity index (χ2v) is 9.52. The molecule has 1 aliphatic carbocycles. The number of hydrogen-bond donors (Lipinski definition) is 1. The van der Waals surface area contributed by atoms with Crippen LogP contribution in [-0.2, 0) is 16.0 Å². The van der Waals surface area contributed by atoms with Gasteiger partial charge in [0.15, 0.2) is 0 Å². The molecule has 170 valence electrons. The highest BCUT2D eigenvalue weighted by Gasteiger charge is 2.49. The summed E-state index contributed by atoms with van der Waals surface area (Å²) in [6, 6.07) is 15.5. The van der Waals surface area contributed by atoms with Crippen molar-refractivity contribution >= 4 is 22.7 Å². The summed E-state index contributed by atoms with van der Waals surface area (Å²) in [5.74, 6) is 0.916. The highest BCUT2D eigenvalue weighted by atomic mass is 16.5. The van der Waals surface area contributed by atoms with Crippen LogP contribution in [0.4, 0.5) is 0 Å². The Morgan fingerprint density at radius 3 is 2.48 bits per heavy atom. The first-order valence-electron chi connectivity index (χ1n) is 12.0. The van der Waals surface area contributed by atoms with E-state index in [2.05, 4.69) is 17.1 Å². The third-order valence-electron chi connectivity index (χ3n) is 7.74. The van der Waals surface area contributed by atoms with Gasteiger partial charge in [-0.25, -0.2) is 0 Å². The average molecular weight is 444 g/mol. The summed E-state index contributed by atoms with van der Waals surface area (Å²) >= 11 is 0. The molecule has 1 saturated carbocycles. The molecule has 33 heavy (non-hydrogen) atoms. The van der Waals surface area contributed by atoms with Crippen molar-refractivity contribution in [2.24, 2.45) is 0 Å². The first-order valence-corrected chi connectivity index (χ1v) is 12.0. The van der Waals surface area contributed by atoms with E-state index in [0.717, 1.165) is 59.2 Å². The van der Waals surface area contributed by atoms with Crippen LogP contribution in [0.15, 0.2) is 48.5 Å². The van der Waals surface area contributed by atoms with Gasteiger partial charge in [0.25, 0.3) is 0 Å². The molecule has 2 aliphatic heterocycles. The Kier molecular flexibility index (Phi) is 4.89. The SMILES string of the molecule is COc1ccc([C@H]2c3[nH]c4ccccc4c3C[C@@H]3C(=O)N(C4CCCCC4)CC(=O)N23)cc1. The van der Waals surface area contributed by atoms with Crippen molar-refractivity contribution in [3.8, 4) is 5.75 Å². The quantitative estimate of drug-likeness (QED) is 0.660. The molecule has 1 saturated heterocycles. The number of aromatic amines is 1. The van der Waals surface area contributed by atoms with Crippen molar-refractivity contribution in [2.75, 3.05) is 13.7 Å². The number of amides is 2. The highest BCUT2D eigenvalue weighted by molar-refractivity contribution is 5.97. The Balaban J connectivity index is 1.47. The smallest absolute Gasteiger partial charge is 0.246 e. The largest absolute Gasteiger partial charge is 0.497 e. The lowest BCUT2D eigenvalue weighted by Crippen LogP contribution is -2.64. The van der Waals surface area contributed by atoms with Crippen LogP contribution in [0.1, 0.15) is 55.0 Å². The number of piperazine rings is 1. The van der Waals surface area contributed by atoms with Gasteiger partial charge in [-0.15, -0.1) is 0 Å². The molecule has 3 aromatic rings. The van der Waals surface area contributed by atoms with E-state index in [0.29, 0.717) is 6.42 Å². The molecule has 2 aromatic carbocycles. The fourth-order valence-electron chi connectivity index (χ4n) is 6.12. The monoisotopic (exact) mass is 443 g/mol. The van der Waals surface area contributed by atoms with Gasteiger partial charge in [0.05, 0.1) is 13.2 Å². The summed E-state index contributed by atoms with van der Waals surface area (Å²) in [5, 5.41) is 1.14. The van der Waals surface area contributed by atoms with E-state index >= 15 is 0 Å². The molecule has 0 unspecified atom stereocenters. The molecule has 3 aliphatic rings. The van der Waals surface area contributed by atoms with Crippen LogP contribution in [0.25, 0.3) is 10.9 Å². The van der Waals surface area contributed by atoms with E-state index in [-0.39, 0.29) is 30.4 Å². The molecule has 0 radical (unpaired) electrons. The summed E-state index contributed by atoms with van der Waals surface area (Å²) in [6.07, 6.45) is 6.06. The lowest BCUT2D eigenvalue weighted by Gasteiger charge is -2.49. The van der Waals surface area contributed by atoms with Crippen LogP contribution in [0.5, 0.6) is 5.75 Å². The number of para-hydroxylation sites is 1. The number of rotatable bonds is 3. The zero-order valence-corrected chi connectivity index (χ0v) is 18.9. The molecular weight excluding hydrogens is 414 g/mol. The average Bonchev–Trinajstić information content (AvgIpc) is 3.24. The lowest BCUT2D eigenvalue weighted by molar-refractivity contribution is -0.161. The normalized spacial score (nSPS) is 23.5. The van der Waals surface area contributed by atoms with E-state index in [4.69, 9.17) is 4.74 Å². The highest BCUT2D eigenvalue weighted by Crippen LogP contribution is 2.43. The van der Waals surface area contributed by atoms with Gasteiger partial charge in [-0.1, -0.05) is 49.6 Å². The molecule has 0 bridgehead atoms. The Bertz CT molecular complexity index is 1210. The van der Waals surface area contributed by atoms with Gasteiger partial charge >= 0.3 is 0 Å². The number of benzene rings is 2. The minimum atomic E-state index is -0.466. The van der Waals surface area contributed by atoms with E-state index in [9.17, 15) is 9.59 Å². The van der Waals surface area contributed by atoms with Gasteiger partial charge in [-0.05, 0) is 42.2 Å². The van der Waals surface area contributed by atoms with Gasteiger partial charge in [0.1, 0.15) is 18.3 Å². The number of hydrogen-bond acceptors (Lipinski definition) is 3. The molecule has 6 rings (SSSR count). The van der Waals surface area contributed by atoms with Crippen molar-refractivity contribution < 1.29 is 14.3 Å². The van der Waals surface area contributed by atoms with Gasteiger partial charge < -0.3 is 19.5 Å². The van der Waals surface area contributed by atoms with Crippen LogP contribution >= 0.6 is 0 Å². The number of carbonyl (C=O) groups excluding carboxylic acids is 2. The molecule has 6 nitrogen and oxygen atoms in total. The molecule has 2 amide bonds. The maximum absolute atomic E-state index is 13.9. The van der Waals surface area contributed by atoms with Crippen LogP contribution in [0.2, 0.25) is 0 Å². The molecular formula is C27H29N3O3. The minimum absolute atomic E-state index is 0.0373. The van der Waals surface area contributed by atoms with E-state index in [1.807, 2.05) is 46.2 Å². The van der Waals surface area contributed by atoms with Gasteiger partial charge in [0, 0.05) is 29.1 Å². The fraction of sp³-hybridized carbons (Fsp3) is 0.407. The predicted octanol–water partition coefficient (Wildman–Crippen LogP) is 4.19.